The van der Waals surface area contributed by atoms with Gasteiger partial charge in [0.15, 0.2) is 11.5 Å². The van der Waals surface area contributed by atoms with Crippen LogP contribution in [-0.2, 0) is 16.1 Å². The maximum absolute atomic E-state index is 12.6. The second-order valence-corrected chi connectivity index (χ2v) is 7.08. The van der Waals surface area contributed by atoms with Gasteiger partial charge < -0.3 is 15.5 Å². The van der Waals surface area contributed by atoms with Gasteiger partial charge in [0.1, 0.15) is 0 Å². The zero-order chi connectivity index (χ0) is 17.9. The molecule has 0 spiro atoms. The molecule has 2 amide bonds. The van der Waals surface area contributed by atoms with Crippen LogP contribution in [0, 0.1) is 11.8 Å². The minimum Gasteiger partial charge on any atom is -0.349 e. The van der Waals surface area contributed by atoms with Crippen LogP contribution in [-0.4, -0.2) is 57.5 Å². The number of nitrogens with one attached hydrogen (secondary N) is 2. The monoisotopic (exact) mass is 356 g/mol. The fraction of sp³-hybridized carbons (Fsp3) is 0.556. The molecule has 2 aromatic rings. The second kappa shape index (κ2) is 7.41. The van der Waals surface area contributed by atoms with Crippen LogP contribution < -0.4 is 10.6 Å². The summed E-state index contributed by atoms with van der Waals surface area (Å²) in [5, 5.41) is 14.4. The SMILES string of the molecule is O=C(NCc1nnc2ccccn12)[C@H]1CNC[C@H](C(=O)N2CCCC2)C1. The number of hydrogen-bond donors (Lipinski definition) is 2. The lowest BCUT2D eigenvalue weighted by molar-refractivity contribution is -0.136. The molecule has 0 aliphatic carbocycles. The first-order valence-corrected chi connectivity index (χ1v) is 9.28. The van der Waals surface area contributed by atoms with Crippen LogP contribution in [0.2, 0.25) is 0 Å². The molecule has 2 atom stereocenters. The Morgan fingerprint density at radius 3 is 2.81 bits per heavy atom. The molecular weight excluding hydrogens is 332 g/mol. The van der Waals surface area contributed by atoms with Gasteiger partial charge >= 0.3 is 0 Å². The third-order valence-electron chi connectivity index (χ3n) is 5.29. The number of amides is 2. The van der Waals surface area contributed by atoms with Crippen molar-refractivity contribution in [2.75, 3.05) is 26.2 Å². The van der Waals surface area contributed by atoms with E-state index >= 15 is 0 Å². The average molecular weight is 356 g/mol. The van der Waals surface area contributed by atoms with Crippen LogP contribution in [0.25, 0.3) is 5.65 Å². The molecule has 4 rings (SSSR count). The molecule has 8 nitrogen and oxygen atoms in total. The molecule has 0 saturated carbocycles. The average Bonchev–Trinajstić information content (AvgIpc) is 3.36. The van der Waals surface area contributed by atoms with Crippen molar-refractivity contribution >= 4 is 17.5 Å². The summed E-state index contributed by atoms with van der Waals surface area (Å²) in [7, 11) is 0. The standard InChI is InChI=1S/C18H24N6O2/c25-17(20-12-16-22-21-15-5-1-2-8-24(15)16)13-9-14(11-19-10-13)18(26)23-6-3-4-7-23/h1-2,5,8,13-14,19H,3-4,6-7,9-12H2,(H,20,25)/t13-,14-/m1/s1. The van der Waals surface area contributed by atoms with Gasteiger partial charge in [0.05, 0.1) is 18.4 Å². The molecule has 2 fully saturated rings. The molecule has 0 bridgehead atoms. The molecule has 26 heavy (non-hydrogen) atoms. The van der Waals surface area contributed by atoms with Crippen molar-refractivity contribution in [2.24, 2.45) is 11.8 Å². The lowest BCUT2D eigenvalue weighted by atomic mass is 9.89. The number of hydrogen-bond acceptors (Lipinski definition) is 5. The maximum Gasteiger partial charge on any atom is 0.226 e. The van der Waals surface area contributed by atoms with E-state index in [1.807, 2.05) is 33.7 Å². The summed E-state index contributed by atoms with van der Waals surface area (Å²) in [6, 6.07) is 5.68. The first-order valence-electron chi connectivity index (χ1n) is 9.28. The van der Waals surface area contributed by atoms with Crippen molar-refractivity contribution in [2.45, 2.75) is 25.8 Å². The first kappa shape index (κ1) is 17.0. The Kier molecular flexibility index (Phi) is 4.83. The minimum atomic E-state index is -0.195. The second-order valence-electron chi connectivity index (χ2n) is 7.08. The molecular formula is C18H24N6O2. The Bertz CT molecular complexity index is 798. The summed E-state index contributed by atoms with van der Waals surface area (Å²) in [6.45, 7) is 3.30. The van der Waals surface area contributed by atoms with Gasteiger partial charge in [0.25, 0.3) is 0 Å². The van der Waals surface area contributed by atoms with Gasteiger partial charge in [-0.1, -0.05) is 6.07 Å². The number of nitrogens with zero attached hydrogens (tertiary/aromatic N) is 4. The Balaban J connectivity index is 1.34. The summed E-state index contributed by atoms with van der Waals surface area (Å²) >= 11 is 0. The van der Waals surface area contributed by atoms with Crippen molar-refractivity contribution in [3.05, 3.63) is 30.2 Å². The number of carbonyl (C=O) groups is 2. The van der Waals surface area contributed by atoms with E-state index in [1.54, 1.807) is 0 Å². The Labute approximate surface area is 152 Å². The van der Waals surface area contributed by atoms with Gasteiger partial charge in [0, 0.05) is 32.4 Å². The zero-order valence-corrected chi connectivity index (χ0v) is 14.7. The van der Waals surface area contributed by atoms with Crippen molar-refractivity contribution in [3.8, 4) is 0 Å². The van der Waals surface area contributed by atoms with Gasteiger partial charge in [0.2, 0.25) is 11.8 Å². The molecule has 2 aliphatic heterocycles. The van der Waals surface area contributed by atoms with Crippen molar-refractivity contribution in [3.63, 3.8) is 0 Å². The number of rotatable bonds is 4. The van der Waals surface area contributed by atoms with Crippen LogP contribution in [0.15, 0.2) is 24.4 Å². The molecule has 0 aromatic carbocycles. The molecule has 8 heteroatoms. The molecule has 0 unspecified atom stereocenters. The predicted octanol–water partition coefficient (Wildman–Crippen LogP) is 0.194. The van der Waals surface area contributed by atoms with Gasteiger partial charge in [-0.15, -0.1) is 10.2 Å². The number of likely N-dealkylation sites (tertiary alicyclic amines) is 1. The van der Waals surface area contributed by atoms with E-state index in [2.05, 4.69) is 20.8 Å². The lowest BCUT2D eigenvalue weighted by Gasteiger charge is -2.31. The Morgan fingerprint density at radius 2 is 1.96 bits per heavy atom. The Morgan fingerprint density at radius 1 is 1.15 bits per heavy atom. The van der Waals surface area contributed by atoms with Crippen LogP contribution >= 0.6 is 0 Å². The quantitative estimate of drug-likeness (QED) is 0.816. The third-order valence-corrected chi connectivity index (χ3v) is 5.29. The van der Waals surface area contributed by atoms with Crippen LogP contribution in [0.5, 0.6) is 0 Å². The van der Waals surface area contributed by atoms with Crippen LogP contribution in [0.4, 0.5) is 0 Å². The van der Waals surface area contributed by atoms with E-state index in [-0.39, 0.29) is 23.7 Å². The van der Waals surface area contributed by atoms with E-state index in [0.29, 0.717) is 31.9 Å². The summed E-state index contributed by atoms with van der Waals surface area (Å²) < 4.78 is 1.86. The van der Waals surface area contributed by atoms with Crippen molar-refractivity contribution in [1.29, 1.82) is 0 Å². The van der Waals surface area contributed by atoms with E-state index < -0.39 is 0 Å². The normalized spacial score (nSPS) is 23.3. The molecule has 2 saturated heterocycles. The highest BCUT2D eigenvalue weighted by Crippen LogP contribution is 2.21. The van der Waals surface area contributed by atoms with Gasteiger partial charge in [-0.05, 0) is 31.4 Å². The maximum atomic E-state index is 12.6. The molecule has 2 aliphatic rings. The van der Waals surface area contributed by atoms with Gasteiger partial charge in [-0.25, -0.2) is 0 Å². The summed E-state index contributed by atoms with van der Waals surface area (Å²) in [6.07, 6.45) is 4.66. The van der Waals surface area contributed by atoms with E-state index in [4.69, 9.17) is 0 Å². The lowest BCUT2D eigenvalue weighted by Crippen LogP contribution is -2.48. The number of pyridine rings is 1. The topological polar surface area (TPSA) is 91.6 Å². The van der Waals surface area contributed by atoms with E-state index in [0.717, 1.165) is 31.6 Å². The number of piperidine rings is 1. The summed E-state index contributed by atoms with van der Waals surface area (Å²) in [4.78, 5) is 27.1. The number of carbonyl (C=O) groups excluding carboxylic acids is 2. The zero-order valence-electron chi connectivity index (χ0n) is 14.7. The minimum absolute atomic E-state index is 0.0379. The van der Waals surface area contributed by atoms with Crippen LogP contribution in [0.3, 0.4) is 0 Å². The molecule has 2 aromatic heterocycles. The van der Waals surface area contributed by atoms with E-state index in [9.17, 15) is 9.59 Å². The summed E-state index contributed by atoms with van der Waals surface area (Å²) in [5.41, 5.74) is 0.757. The van der Waals surface area contributed by atoms with E-state index in [1.165, 1.54) is 0 Å². The fourth-order valence-electron chi connectivity index (χ4n) is 3.85. The number of aromatic nitrogens is 3. The highest BCUT2D eigenvalue weighted by molar-refractivity contribution is 5.83. The fourth-order valence-corrected chi connectivity index (χ4v) is 3.85. The first-order chi connectivity index (χ1) is 12.7. The third kappa shape index (κ3) is 3.41. The Hall–Kier alpha value is -2.48. The van der Waals surface area contributed by atoms with Crippen LogP contribution in [0.1, 0.15) is 25.1 Å². The molecule has 4 heterocycles. The molecule has 0 radical (unpaired) electrons. The highest BCUT2D eigenvalue weighted by Gasteiger charge is 2.34. The smallest absolute Gasteiger partial charge is 0.226 e. The van der Waals surface area contributed by atoms with Crippen molar-refractivity contribution in [1.82, 2.24) is 30.1 Å². The predicted molar refractivity (Wildman–Crippen MR) is 95.1 cm³/mol. The summed E-state index contributed by atoms with van der Waals surface area (Å²) in [5.74, 6) is 0.550. The van der Waals surface area contributed by atoms with Gasteiger partial charge in [-0.3, -0.25) is 14.0 Å². The largest absolute Gasteiger partial charge is 0.349 e. The van der Waals surface area contributed by atoms with Gasteiger partial charge in [-0.2, -0.15) is 0 Å². The molecule has 138 valence electrons. The van der Waals surface area contributed by atoms with Crippen molar-refractivity contribution < 1.29 is 9.59 Å². The highest BCUT2D eigenvalue weighted by atomic mass is 16.2. The molecule has 2 N–H and O–H groups in total. The number of fused-ring (bicyclic) bond motifs is 1.